The molecule has 0 aliphatic heterocycles. The molecule has 0 fully saturated rings. The third kappa shape index (κ3) is 4.38. The van der Waals surface area contributed by atoms with Gasteiger partial charge in [0.2, 0.25) is 5.90 Å². The van der Waals surface area contributed by atoms with Crippen molar-refractivity contribution in [3.63, 3.8) is 0 Å². The number of nitrogens with zero attached hydrogens (tertiary/aromatic N) is 2. The Kier molecular flexibility index (Phi) is 6.22. The Hall–Kier alpha value is -2.37. The van der Waals surface area contributed by atoms with Crippen molar-refractivity contribution in [2.24, 2.45) is 10.3 Å². The maximum atomic E-state index is 7.78. The largest absolute Gasteiger partial charge is 0.480 e. The van der Waals surface area contributed by atoms with E-state index in [0.717, 1.165) is 11.3 Å². The molecule has 0 spiro atoms. The number of ether oxygens (including phenoxy) is 1. The van der Waals surface area contributed by atoms with Gasteiger partial charge in [0.05, 0.1) is 12.8 Å². The summed E-state index contributed by atoms with van der Waals surface area (Å²) in [6, 6.07) is 7.43. The second kappa shape index (κ2) is 7.93. The van der Waals surface area contributed by atoms with Crippen molar-refractivity contribution in [1.82, 2.24) is 0 Å². The Bertz CT molecular complexity index is 520. The minimum atomic E-state index is -0.0746. The molecule has 1 rings (SSSR count). The number of benzene rings is 1. The lowest BCUT2D eigenvalue weighted by Gasteiger charge is -2.11. The Labute approximate surface area is 118 Å². The molecule has 0 unspecified atom stereocenters. The van der Waals surface area contributed by atoms with Crippen LogP contribution in [0.4, 0.5) is 0 Å². The molecule has 0 atom stereocenters. The van der Waals surface area contributed by atoms with E-state index in [1.807, 2.05) is 38.1 Å². The van der Waals surface area contributed by atoms with E-state index in [-0.39, 0.29) is 12.5 Å². The number of hydrogen-bond acceptors (Lipinski definition) is 6. The zero-order valence-corrected chi connectivity index (χ0v) is 12.1. The SMILES string of the molecule is CO/N=C(\C(=N)OC)c1ccccc1CON=C(C)C. The molecule has 0 heterocycles. The van der Waals surface area contributed by atoms with Crippen LogP contribution in [0.5, 0.6) is 0 Å². The van der Waals surface area contributed by atoms with E-state index in [1.165, 1.54) is 14.2 Å². The summed E-state index contributed by atoms with van der Waals surface area (Å²) in [4.78, 5) is 10.0. The number of nitrogens with one attached hydrogen (secondary N) is 1. The maximum absolute atomic E-state index is 7.78. The third-order valence-electron chi connectivity index (χ3n) is 2.34. The van der Waals surface area contributed by atoms with Gasteiger partial charge in [-0.1, -0.05) is 34.6 Å². The van der Waals surface area contributed by atoms with E-state index in [9.17, 15) is 0 Å². The summed E-state index contributed by atoms with van der Waals surface area (Å²) in [5.74, 6) is -0.0746. The average molecular weight is 277 g/mol. The highest BCUT2D eigenvalue weighted by Crippen LogP contribution is 2.13. The highest BCUT2D eigenvalue weighted by atomic mass is 16.6. The van der Waals surface area contributed by atoms with Gasteiger partial charge in [0.1, 0.15) is 13.7 Å². The molecule has 0 radical (unpaired) electrons. The van der Waals surface area contributed by atoms with Gasteiger partial charge < -0.3 is 14.4 Å². The van der Waals surface area contributed by atoms with Gasteiger partial charge in [-0.05, 0) is 13.8 Å². The maximum Gasteiger partial charge on any atom is 0.236 e. The first-order valence-electron chi connectivity index (χ1n) is 6.05. The van der Waals surface area contributed by atoms with E-state index in [4.69, 9.17) is 19.8 Å². The van der Waals surface area contributed by atoms with Gasteiger partial charge in [0.25, 0.3) is 0 Å². The van der Waals surface area contributed by atoms with Crippen molar-refractivity contribution in [3.05, 3.63) is 35.4 Å². The molecule has 1 N–H and O–H groups in total. The molecule has 6 heteroatoms. The molecule has 0 aliphatic carbocycles. The predicted molar refractivity (Wildman–Crippen MR) is 78.3 cm³/mol. The van der Waals surface area contributed by atoms with E-state index in [2.05, 4.69) is 10.3 Å². The van der Waals surface area contributed by atoms with Crippen LogP contribution in [0.1, 0.15) is 25.0 Å². The Morgan fingerprint density at radius 2 is 1.85 bits per heavy atom. The molecule has 0 aromatic heterocycles. The van der Waals surface area contributed by atoms with E-state index in [0.29, 0.717) is 11.3 Å². The summed E-state index contributed by atoms with van der Waals surface area (Å²) in [7, 11) is 2.84. The first-order chi connectivity index (χ1) is 9.60. The van der Waals surface area contributed by atoms with Crippen LogP contribution in [0.15, 0.2) is 34.6 Å². The van der Waals surface area contributed by atoms with E-state index < -0.39 is 0 Å². The second-order valence-electron chi connectivity index (χ2n) is 4.12. The van der Waals surface area contributed by atoms with Crippen LogP contribution < -0.4 is 0 Å². The third-order valence-corrected chi connectivity index (χ3v) is 2.34. The van der Waals surface area contributed by atoms with Crippen LogP contribution in [0.3, 0.4) is 0 Å². The lowest BCUT2D eigenvalue weighted by Crippen LogP contribution is -2.18. The number of oxime groups is 2. The monoisotopic (exact) mass is 277 g/mol. The van der Waals surface area contributed by atoms with Gasteiger partial charge in [-0.25, -0.2) is 0 Å². The van der Waals surface area contributed by atoms with Crippen molar-refractivity contribution in [3.8, 4) is 0 Å². The quantitative estimate of drug-likeness (QED) is 0.493. The Morgan fingerprint density at radius 3 is 2.45 bits per heavy atom. The smallest absolute Gasteiger partial charge is 0.236 e. The zero-order valence-electron chi connectivity index (χ0n) is 12.1. The van der Waals surface area contributed by atoms with Crippen LogP contribution in [0.25, 0.3) is 0 Å². The molecule has 1 aromatic rings. The molecule has 0 amide bonds. The Balaban J connectivity index is 3.07. The minimum absolute atomic E-state index is 0.0746. The van der Waals surface area contributed by atoms with E-state index >= 15 is 0 Å². The molecule has 0 saturated heterocycles. The van der Waals surface area contributed by atoms with Gasteiger partial charge in [-0.15, -0.1) is 0 Å². The molecular weight excluding hydrogens is 258 g/mol. The summed E-state index contributed by atoms with van der Waals surface area (Å²) >= 11 is 0. The molecule has 0 saturated carbocycles. The highest BCUT2D eigenvalue weighted by molar-refractivity contribution is 6.44. The molecule has 0 bridgehead atoms. The lowest BCUT2D eigenvalue weighted by molar-refractivity contribution is 0.130. The van der Waals surface area contributed by atoms with Crippen LogP contribution >= 0.6 is 0 Å². The zero-order chi connectivity index (χ0) is 15.0. The molecule has 20 heavy (non-hydrogen) atoms. The lowest BCUT2D eigenvalue weighted by atomic mass is 10.0. The van der Waals surface area contributed by atoms with Gasteiger partial charge >= 0.3 is 0 Å². The van der Waals surface area contributed by atoms with Crippen molar-refractivity contribution in [2.45, 2.75) is 20.5 Å². The van der Waals surface area contributed by atoms with Crippen LogP contribution in [-0.4, -0.2) is 31.5 Å². The molecule has 1 aromatic carbocycles. The van der Waals surface area contributed by atoms with Crippen LogP contribution in [0.2, 0.25) is 0 Å². The normalized spacial score (nSPS) is 10.7. The van der Waals surface area contributed by atoms with Gasteiger partial charge in [0, 0.05) is 11.1 Å². The van der Waals surface area contributed by atoms with E-state index in [1.54, 1.807) is 0 Å². The van der Waals surface area contributed by atoms with Crippen molar-refractivity contribution >= 4 is 17.3 Å². The molecule has 108 valence electrons. The minimum Gasteiger partial charge on any atom is -0.480 e. The number of rotatable bonds is 6. The summed E-state index contributed by atoms with van der Waals surface area (Å²) < 4.78 is 4.92. The average Bonchev–Trinajstić information content (AvgIpc) is 2.44. The fourth-order valence-electron chi connectivity index (χ4n) is 1.51. The predicted octanol–water partition coefficient (Wildman–Crippen LogP) is 2.57. The second-order valence-corrected chi connectivity index (χ2v) is 4.12. The fraction of sp³-hybridized carbons (Fsp3) is 0.357. The van der Waals surface area contributed by atoms with Gasteiger partial charge in [-0.2, -0.15) is 0 Å². The fourth-order valence-corrected chi connectivity index (χ4v) is 1.51. The van der Waals surface area contributed by atoms with Gasteiger partial charge in [-0.3, -0.25) is 5.41 Å². The van der Waals surface area contributed by atoms with Crippen molar-refractivity contribution < 1.29 is 14.4 Å². The Morgan fingerprint density at radius 1 is 1.15 bits per heavy atom. The van der Waals surface area contributed by atoms with Gasteiger partial charge in [0.15, 0.2) is 5.71 Å². The first kappa shape index (κ1) is 15.7. The molecule has 6 nitrogen and oxygen atoms in total. The highest BCUT2D eigenvalue weighted by Gasteiger charge is 2.16. The number of hydrogen-bond donors (Lipinski definition) is 1. The summed E-state index contributed by atoms with van der Waals surface area (Å²) in [6.45, 7) is 3.98. The van der Waals surface area contributed by atoms with Crippen molar-refractivity contribution in [2.75, 3.05) is 14.2 Å². The molecular formula is C14H19N3O3. The topological polar surface area (TPSA) is 76.3 Å². The van der Waals surface area contributed by atoms with Crippen LogP contribution in [0, 0.1) is 5.41 Å². The summed E-state index contributed by atoms with van der Waals surface area (Å²) in [5.41, 5.74) is 2.70. The van der Waals surface area contributed by atoms with Crippen molar-refractivity contribution in [1.29, 1.82) is 5.41 Å². The van der Waals surface area contributed by atoms with Crippen LogP contribution in [-0.2, 0) is 21.0 Å². The number of methoxy groups -OCH3 is 1. The standard InChI is InChI=1S/C14H19N3O3/c1-10(2)16-20-9-11-7-5-6-8-12(11)13(17-19-4)14(15)18-3/h5-8,15H,9H2,1-4H3/b15-14?,17-13-. The first-order valence-corrected chi connectivity index (χ1v) is 6.05. The molecule has 0 aliphatic rings. The summed E-state index contributed by atoms with van der Waals surface area (Å²) in [6.07, 6.45) is 0. The summed E-state index contributed by atoms with van der Waals surface area (Å²) in [5, 5.41) is 15.5.